The number of non-ortho nitro benzene ring substituents is 1. The number of aliphatic hydroxyl groups is 1. The second kappa shape index (κ2) is 6.66. The van der Waals surface area contributed by atoms with Crippen LogP contribution in [0.4, 0.5) is 11.4 Å². The summed E-state index contributed by atoms with van der Waals surface area (Å²) >= 11 is 5.99. The second-order valence-electron chi connectivity index (χ2n) is 5.95. The minimum absolute atomic E-state index is 0.00440. The Morgan fingerprint density at radius 2 is 2.08 bits per heavy atom. The summed E-state index contributed by atoms with van der Waals surface area (Å²) in [5.74, 6) is 0. The van der Waals surface area contributed by atoms with Gasteiger partial charge < -0.3 is 10.4 Å². The Morgan fingerprint density at radius 3 is 2.80 bits per heavy atom. The molecule has 128 valence electrons. The number of nitro groups is 1. The van der Waals surface area contributed by atoms with E-state index in [0.717, 1.165) is 0 Å². The van der Waals surface area contributed by atoms with Crippen LogP contribution in [0.15, 0.2) is 54.9 Å². The van der Waals surface area contributed by atoms with Gasteiger partial charge in [-0.2, -0.15) is 0 Å². The molecule has 1 atom stereocenters. The highest BCUT2D eigenvalue weighted by molar-refractivity contribution is 6.30. The third-order valence-corrected chi connectivity index (χ3v) is 4.30. The van der Waals surface area contributed by atoms with Crippen LogP contribution in [0.25, 0.3) is 10.8 Å². The van der Waals surface area contributed by atoms with Crippen molar-refractivity contribution < 1.29 is 10.0 Å². The summed E-state index contributed by atoms with van der Waals surface area (Å²) < 4.78 is 0. The fraction of sp³-hybridized carbons (Fsp3) is 0.167. The van der Waals surface area contributed by atoms with Crippen LogP contribution in [0.1, 0.15) is 12.5 Å². The summed E-state index contributed by atoms with van der Waals surface area (Å²) in [6.45, 7) is 1.89. The number of benzene rings is 2. The van der Waals surface area contributed by atoms with Crippen molar-refractivity contribution in [3.63, 3.8) is 0 Å². The van der Waals surface area contributed by atoms with Gasteiger partial charge in [-0.15, -0.1) is 0 Å². The van der Waals surface area contributed by atoms with E-state index < -0.39 is 10.5 Å². The van der Waals surface area contributed by atoms with Gasteiger partial charge in [-0.3, -0.25) is 15.1 Å². The number of rotatable bonds is 5. The van der Waals surface area contributed by atoms with Crippen molar-refractivity contribution >= 4 is 33.7 Å². The lowest BCUT2D eigenvalue weighted by Gasteiger charge is -2.25. The quantitative estimate of drug-likeness (QED) is 0.529. The van der Waals surface area contributed by atoms with Gasteiger partial charge in [0.05, 0.1) is 10.3 Å². The predicted octanol–water partition coefficient (Wildman–Crippen LogP) is 4.12. The Balaban J connectivity index is 1.91. The van der Waals surface area contributed by atoms with Crippen molar-refractivity contribution in [2.75, 3.05) is 11.9 Å². The summed E-state index contributed by atoms with van der Waals surface area (Å²) in [6, 6.07) is 11.8. The minimum atomic E-state index is -1.16. The van der Waals surface area contributed by atoms with Gasteiger partial charge in [0.25, 0.3) is 5.69 Å². The number of hydrogen-bond donors (Lipinski definition) is 2. The van der Waals surface area contributed by atoms with E-state index in [1.165, 1.54) is 12.3 Å². The summed E-state index contributed by atoms with van der Waals surface area (Å²) in [6.07, 6.45) is 3.04. The molecule has 0 saturated carbocycles. The predicted molar refractivity (Wildman–Crippen MR) is 97.9 cm³/mol. The molecule has 7 heteroatoms. The van der Waals surface area contributed by atoms with Crippen molar-refractivity contribution in [2.24, 2.45) is 0 Å². The first-order valence-corrected chi connectivity index (χ1v) is 8.00. The van der Waals surface area contributed by atoms with Crippen LogP contribution in [-0.4, -0.2) is 21.6 Å². The third-order valence-electron chi connectivity index (χ3n) is 4.06. The smallest absolute Gasteiger partial charge is 0.278 e. The van der Waals surface area contributed by atoms with Crippen molar-refractivity contribution in [2.45, 2.75) is 12.5 Å². The van der Waals surface area contributed by atoms with E-state index in [2.05, 4.69) is 10.3 Å². The second-order valence-corrected chi connectivity index (χ2v) is 6.38. The van der Waals surface area contributed by atoms with Crippen molar-refractivity contribution in [3.8, 4) is 0 Å². The molecule has 0 amide bonds. The molecule has 0 saturated heterocycles. The first-order chi connectivity index (χ1) is 11.9. The number of nitro benzene ring substituents is 1. The topological polar surface area (TPSA) is 88.3 Å². The van der Waals surface area contributed by atoms with Crippen LogP contribution in [0, 0.1) is 10.1 Å². The van der Waals surface area contributed by atoms with Crippen molar-refractivity contribution in [1.82, 2.24) is 4.98 Å². The van der Waals surface area contributed by atoms with Gasteiger partial charge >= 0.3 is 0 Å². The number of hydrogen-bond acceptors (Lipinski definition) is 5. The van der Waals surface area contributed by atoms with Crippen molar-refractivity contribution in [3.05, 3.63) is 75.6 Å². The maximum absolute atomic E-state index is 11.2. The number of halogens is 1. The van der Waals surface area contributed by atoms with E-state index in [0.29, 0.717) is 27.0 Å². The lowest BCUT2D eigenvalue weighted by molar-refractivity contribution is -0.383. The molecule has 0 fully saturated rings. The minimum Gasteiger partial charge on any atom is -0.384 e. The average molecular weight is 358 g/mol. The van der Waals surface area contributed by atoms with Gasteiger partial charge in [-0.1, -0.05) is 23.7 Å². The molecule has 1 heterocycles. The van der Waals surface area contributed by atoms with Gasteiger partial charge in [0.2, 0.25) is 0 Å². The fourth-order valence-electron chi connectivity index (χ4n) is 2.68. The van der Waals surface area contributed by atoms with Gasteiger partial charge in [-0.25, -0.2) is 0 Å². The van der Waals surface area contributed by atoms with E-state index in [9.17, 15) is 15.2 Å². The standard InChI is InChI=1S/C18H16ClN3O3/c1-18(23,12-3-2-4-13(19)9-12)11-21-16-5-6-17(22(24)25)15-10-20-8-7-14(15)16/h2-10,21,23H,11H2,1H3. The van der Waals surface area contributed by atoms with Crippen LogP contribution < -0.4 is 5.32 Å². The fourth-order valence-corrected chi connectivity index (χ4v) is 2.87. The lowest BCUT2D eigenvalue weighted by atomic mass is 9.96. The number of anilines is 1. The van der Waals surface area contributed by atoms with E-state index in [1.54, 1.807) is 49.5 Å². The van der Waals surface area contributed by atoms with Gasteiger partial charge in [0.15, 0.2) is 0 Å². The molecule has 0 aliphatic carbocycles. The molecule has 3 rings (SSSR count). The number of nitrogens with one attached hydrogen (secondary N) is 1. The Labute approximate surface area is 149 Å². The maximum atomic E-state index is 11.2. The van der Waals surface area contributed by atoms with Crippen LogP contribution in [0.2, 0.25) is 5.02 Å². The highest BCUT2D eigenvalue weighted by Crippen LogP contribution is 2.32. The van der Waals surface area contributed by atoms with E-state index >= 15 is 0 Å². The first-order valence-electron chi connectivity index (χ1n) is 7.62. The SMILES string of the molecule is CC(O)(CNc1ccc([N+](=O)[O-])c2cnccc12)c1cccc(Cl)c1. The summed E-state index contributed by atoms with van der Waals surface area (Å²) in [7, 11) is 0. The molecule has 0 aliphatic rings. The first kappa shape index (κ1) is 17.1. The van der Waals surface area contributed by atoms with Crippen LogP contribution >= 0.6 is 11.6 Å². The molecular weight excluding hydrogens is 342 g/mol. The Hall–Kier alpha value is -2.70. The highest BCUT2D eigenvalue weighted by Gasteiger charge is 2.24. The van der Waals surface area contributed by atoms with Gasteiger partial charge in [0, 0.05) is 41.1 Å². The number of pyridine rings is 1. The van der Waals surface area contributed by atoms with Gasteiger partial charge in [-0.05, 0) is 36.8 Å². The molecule has 0 bridgehead atoms. The summed E-state index contributed by atoms with van der Waals surface area (Å²) in [4.78, 5) is 14.7. The molecule has 1 aromatic heterocycles. The Kier molecular flexibility index (Phi) is 4.57. The molecule has 0 aliphatic heterocycles. The number of aromatic nitrogens is 1. The molecule has 25 heavy (non-hydrogen) atoms. The highest BCUT2D eigenvalue weighted by atomic mass is 35.5. The average Bonchev–Trinajstić information content (AvgIpc) is 2.59. The zero-order valence-corrected chi connectivity index (χ0v) is 14.2. The van der Waals surface area contributed by atoms with E-state index in [1.807, 2.05) is 0 Å². The molecular formula is C18H16ClN3O3. The van der Waals surface area contributed by atoms with E-state index in [4.69, 9.17) is 11.6 Å². The largest absolute Gasteiger partial charge is 0.384 e. The molecule has 0 spiro atoms. The molecule has 3 aromatic rings. The van der Waals surface area contributed by atoms with E-state index in [-0.39, 0.29) is 12.2 Å². The molecule has 0 radical (unpaired) electrons. The Morgan fingerprint density at radius 1 is 1.28 bits per heavy atom. The number of fused-ring (bicyclic) bond motifs is 1. The third kappa shape index (κ3) is 3.55. The maximum Gasteiger partial charge on any atom is 0.278 e. The van der Waals surface area contributed by atoms with Crippen LogP contribution in [0.3, 0.4) is 0 Å². The molecule has 1 unspecified atom stereocenters. The number of nitrogens with zero attached hydrogens (tertiary/aromatic N) is 2. The Bertz CT molecular complexity index is 944. The summed E-state index contributed by atoms with van der Waals surface area (Å²) in [5.41, 5.74) is 0.201. The zero-order chi connectivity index (χ0) is 18.0. The molecule has 2 N–H and O–H groups in total. The van der Waals surface area contributed by atoms with Gasteiger partial charge in [0.1, 0.15) is 5.60 Å². The van der Waals surface area contributed by atoms with Crippen LogP contribution in [-0.2, 0) is 5.60 Å². The molecule has 2 aromatic carbocycles. The zero-order valence-electron chi connectivity index (χ0n) is 13.4. The monoisotopic (exact) mass is 357 g/mol. The van der Waals surface area contributed by atoms with Crippen LogP contribution in [0.5, 0.6) is 0 Å². The lowest BCUT2D eigenvalue weighted by Crippen LogP contribution is -2.30. The molecule has 6 nitrogen and oxygen atoms in total. The van der Waals surface area contributed by atoms with Crippen molar-refractivity contribution in [1.29, 1.82) is 0 Å². The summed E-state index contributed by atoms with van der Waals surface area (Å²) in [5, 5.41) is 26.7. The normalized spacial score (nSPS) is 13.4.